The van der Waals surface area contributed by atoms with Crippen LogP contribution in [-0.4, -0.2) is 61.5 Å². The van der Waals surface area contributed by atoms with Crippen molar-refractivity contribution in [2.24, 2.45) is 0 Å². The molecule has 0 saturated carbocycles. The number of ether oxygens (including phenoxy) is 2. The molecule has 2 heterocycles. The number of carbonyl (C=O) groups is 2. The van der Waals surface area contributed by atoms with E-state index in [1.807, 2.05) is 36.2 Å². The van der Waals surface area contributed by atoms with E-state index < -0.39 is 0 Å². The quantitative estimate of drug-likeness (QED) is 0.735. The predicted octanol–water partition coefficient (Wildman–Crippen LogP) is 2.15. The SMILES string of the molecule is COc1ccc(OC)c(CN(C)C(=O)/C=C/c2cnc3c(c2)CN(C)CC(=O)N3)c1. The topological polar surface area (TPSA) is 84.0 Å². The number of amides is 2. The number of nitrogens with one attached hydrogen (secondary N) is 1. The molecule has 3 rings (SSSR count). The Morgan fingerprint density at radius 1 is 1.27 bits per heavy atom. The van der Waals surface area contributed by atoms with Crippen molar-refractivity contribution in [1.82, 2.24) is 14.8 Å². The van der Waals surface area contributed by atoms with Crippen LogP contribution in [0, 0.1) is 0 Å². The minimum atomic E-state index is -0.153. The molecule has 0 radical (unpaired) electrons. The van der Waals surface area contributed by atoms with Crippen molar-refractivity contribution >= 4 is 23.7 Å². The molecule has 8 heteroatoms. The highest BCUT2D eigenvalue weighted by molar-refractivity contribution is 5.93. The third-order valence-electron chi connectivity index (χ3n) is 4.79. The summed E-state index contributed by atoms with van der Waals surface area (Å²) >= 11 is 0. The van der Waals surface area contributed by atoms with Gasteiger partial charge >= 0.3 is 0 Å². The van der Waals surface area contributed by atoms with E-state index in [0.717, 1.165) is 16.7 Å². The lowest BCUT2D eigenvalue weighted by Crippen LogP contribution is -2.26. The van der Waals surface area contributed by atoms with Crippen molar-refractivity contribution in [2.75, 3.05) is 40.2 Å². The van der Waals surface area contributed by atoms with Gasteiger partial charge in [0.05, 0.1) is 20.8 Å². The molecule has 1 aliphatic rings. The molecule has 8 nitrogen and oxygen atoms in total. The fourth-order valence-electron chi connectivity index (χ4n) is 3.25. The highest BCUT2D eigenvalue weighted by Gasteiger charge is 2.17. The first kappa shape index (κ1) is 21.3. The van der Waals surface area contributed by atoms with E-state index in [4.69, 9.17) is 9.47 Å². The molecule has 0 unspecified atom stereocenters. The van der Waals surface area contributed by atoms with Gasteiger partial charge in [-0.25, -0.2) is 4.98 Å². The molecule has 0 bridgehead atoms. The number of hydrogen-bond donors (Lipinski definition) is 1. The number of benzene rings is 1. The number of pyridine rings is 1. The number of carbonyl (C=O) groups excluding carboxylic acids is 2. The molecule has 2 amide bonds. The van der Waals surface area contributed by atoms with Crippen molar-refractivity contribution in [2.45, 2.75) is 13.1 Å². The van der Waals surface area contributed by atoms with Crippen LogP contribution in [0.25, 0.3) is 6.08 Å². The Balaban J connectivity index is 1.71. The maximum atomic E-state index is 12.6. The summed E-state index contributed by atoms with van der Waals surface area (Å²) in [5, 5.41) is 2.80. The third-order valence-corrected chi connectivity index (χ3v) is 4.79. The Morgan fingerprint density at radius 2 is 2.07 bits per heavy atom. The summed E-state index contributed by atoms with van der Waals surface area (Å²) in [4.78, 5) is 32.2. The van der Waals surface area contributed by atoms with Gasteiger partial charge in [-0.05, 0) is 43.0 Å². The van der Waals surface area contributed by atoms with Gasteiger partial charge < -0.3 is 19.7 Å². The fourth-order valence-corrected chi connectivity index (χ4v) is 3.25. The van der Waals surface area contributed by atoms with Gasteiger partial charge in [0.15, 0.2) is 0 Å². The average Bonchev–Trinajstić information content (AvgIpc) is 2.87. The number of aromatic nitrogens is 1. The van der Waals surface area contributed by atoms with Crippen LogP contribution >= 0.6 is 0 Å². The summed E-state index contributed by atoms with van der Waals surface area (Å²) < 4.78 is 10.6. The predicted molar refractivity (Wildman–Crippen MR) is 114 cm³/mol. The number of anilines is 1. The second-order valence-corrected chi connectivity index (χ2v) is 7.20. The van der Waals surface area contributed by atoms with Crippen LogP contribution in [0.3, 0.4) is 0 Å². The van der Waals surface area contributed by atoms with Crippen molar-refractivity contribution in [3.8, 4) is 11.5 Å². The Labute approximate surface area is 176 Å². The summed E-state index contributed by atoms with van der Waals surface area (Å²) in [6.07, 6.45) is 4.87. The second-order valence-electron chi connectivity index (χ2n) is 7.20. The van der Waals surface area contributed by atoms with E-state index in [2.05, 4.69) is 10.3 Å². The van der Waals surface area contributed by atoms with E-state index in [1.54, 1.807) is 38.4 Å². The zero-order valence-corrected chi connectivity index (χ0v) is 17.6. The zero-order valence-electron chi connectivity index (χ0n) is 17.6. The highest BCUT2D eigenvalue weighted by atomic mass is 16.5. The smallest absolute Gasteiger partial charge is 0.246 e. The molecule has 1 N–H and O–H groups in total. The maximum absolute atomic E-state index is 12.6. The van der Waals surface area contributed by atoms with Crippen molar-refractivity contribution in [3.63, 3.8) is 0 Å². The first-order valence-corrected chi connectivity index (χ1v) is 9.51. The van der Waals surface area contributed by atoms with Gasteiger partial charge in [-0.1, -0.05) is 0 Å². The van der Waals surface area contributed by atoms with Crippen LogP contribution in [0.15, 0.2) is 36.5 Å². The molecule has 158 valence electrons. The van der Waals surface area contributed by atoms with Gasteiger partial charge in [0.1, 0.15) is 17.3 Å². The van der Waals surface area contributed by atoms with Crippen LogP contribution in [0.2, 0.25) is 0 Å². The molecule has 0 saturated heterocycles. The van der Waals surface area contributed by atoms with Crippen LogP contribution in [0.4, 0.5) is 5.82 Å². The molecule has 1 aromatic heterocycles. The summed E-state index contributed by atoms with van der Waals surface area (Å²) in [6.45, 7) is 1.30. The number of hydrogen-bond acceptors (Lipinski definition) is 6. The molecule has 0 aliphatic carbocycles. The summed E-state index contributed by atoms with van der Waals surface area (Å²) in [7, 11) is 6.80. The summed E-state index contributed by atoms with van der Waals surface area (Å²) in [5.41, 5.74) is 2.55. The number of methoxy groups -OCH3 is 2. The fraction of sp³-hybridized carbons (Fsp3) is 0.318. The van der Waals surface area contributed by atoms with Crippen LogP contribution in [0.1, 0.15) is 16.7 Å². The number of rotatable bonds is 6. The maximum Gasteiger partial charge on any atom is 0.246 e. The van der Waals surface area contributed by atoms with Crippen molar-refractivity contribution < 1.29 is 19.1 Å². The normalized spacial score (nSPS) is 14.1. The number of likely N-dealkylation sites (N-methyl/N-ethyl adjacent to an activating group) is 2. The van der Waals surface area contributed by atoms with Gasteiger partial charge in [0.2, 0.25) is 11.8 Å². The largest absolute Gasteiger partial charge is 0.497 e. The average molecular weight is 410 g/mol. The molecule has 30 heavy (non-hydrogen) atoms. The van der Waals surface area contributed by atoms with Gasteiger partial charge in [-0.2, -0.15) is 0 Å². The molecule has 0 fully saturated rings. The van der Waals surface area contributed by atoms with E-state index in [-0.39, 0.29) is 11.8 Å². The Kier molecular flexibility index (Phi) is 6.68. The lowest BCUT2D eigenvalue weighted by molar-refractivity contribution is -0.125. The first-order valence-electron chi connectivity index (χ1n) is 9.51. The van der Waals surface area contributed by atoms with Gasteiger partial charge in [-0.3, -0.25) is 14.5 Å². The standard InChI is InChI=1S/C22H26N4O4/c1-25-12-17-9-15(11-23-22(17)24-20(27)14-25)5-8-21(28)26(2)13-16-10-18(29-3)6-7-19(16)30-4/h5-11H,12-14H2,1-4H3,(H,23,24,27)/b8-5+. The van der Waals surface area contributed by atoms with Crippen LogP contribution in [0.5, 0.6) is 11.5 Å². The molecular weight excluding hydrogens is 384 g/mol. The number of fused-ring (bicyclic) bond motifs is 1. The van der Waals surface area contributed by atoms with E-state index in [9.17, 15) is 9.59 Å². The van der Waals surface area contributed by atoms with Gasteiger partial charge in [0, 0.05) is 43.5 Å². The monoisotopic (exact) mass is 410 g/mol. The molecule has 2 aromatic rings. The molecule has 1 aromatic carbocycles. The molecule has 1 aliphatic heterocycles. The van der Waals surface area contributed by atoms with Crippen LogP contribution in [-0.2, 0) is 22.7 Å². The lowest BCUT2D eigenvalue weighted by atomic mass is 10.1. The Morgan fingerprint density at radius 3 is 2.80 bits per heavy atom. The molecule has 0 spiro atoms. The van der Waals surface area contributed by atoms with E-state index in [1.165, 1.54) is 6.08 Å². The highest BCUT2D eigenvalue weighted by Crippen LogP contribution is 2.25. The zero-order chi connectivity index (χ0) is 21.7. The van der Waals surface area contributed by atoms with Crippen LogP contribution < -0.4 is 14.8 Å². The second kappa shape index (κ2) is 9.41. The lowest BCUT2D eigenvalue weighted by Gasteiger charge is -2.18. The van der Waals surface area contributed by atoms with Crippen molar-refractivity contribution in [1.29, 1.82) is 0 Å². The van der Waals surface area contributed by atoms with Crippen molar-refractivity contribution in [3.05, 3.63) is 53.2 Å². The third kappa shape index (κ3) is 5.15. The summed E-state index contributed by atoms with van der Waals surface area (Å²) in [5.74, 6) is 1.72. The molecule has 0 atom stereocenters. The van der Waals surface area contributed by atoms with Gasteiger partial charge in [0.25, 0.3) is 0 Å². The van der Waals surface area contributed by atoms with E-state index >= 15 is 0 Å². The minimum Gasteiger partial charge on any atom is -0.497 e. The summed E-state index contributed by atoms with van der Waals surface area (Å²) in [6, 6.07) is 7.42. The van der Waals surface area contributed by atoms with E-state index in [0.29, 0.717) is 37.0 Å². The Bertz CT molecular complexity index is 974. The molecular formula is C22H26N4O4. The number of nitrogens with zero attached hydrogens (tertiary/aromatic N) is 3. The van der Waals surface area contributed by atoms with Gasteiger partial charge in [-0.15, -0.1) is 0 Å². The minimum absolute atomic E-state index is 0.0863. The Hall–Kier alpha value is -3.39. The first-order chi connectivity index (χ1) is 14.4.